The van der Waals surface area contributed by atoms with Crippen LogP contribution in [0.15, 0.2) is 24.5 Å². The molecule has 0 spiro atoms. The number of nitrogens with zero attached hydrogens (tertiary/aromatic N) is 6. The summed E-state index contributed by atoms with van der Waals surface area (Å²) >= 11 is 0. The molecule has 21 heavy (non-hydrogen) atoms. The molecule has 0 atom stereocenters. The van der Waals surface area contributed by atoms with E-state index in [9.17, 15) is 0 Å². The van der Waals surface area contributed by atoms with Gasteiger partial charge in [0.15, 0.2) is 0 Å². The Kier molecular flexibility index (Phi) is 4.26. The summed E-state index contributed by atoms with van der Waals surface area (Å²) in [5.74, 6) is 2.02. The van der Waals surface area contributed by atoms with Crippen LogP contribution in [0.25, 0.3) is 0 Å². The second-order valence-corrected chi connectivity index (χ2v) is 5.63. The zero-order chi connectivity index (χ0) is 14.7. The summed E-state index contributed by atoms with van der Waals surface area (Å²) in [6.07, 6.45) is 3.73. The van der Waals surface area contributed by atoms with Gasteiger partial charge in [0.05, 0.1) is 6.54 Å². The van der Waals surface area contributed by atoms with Gasteiger partial charge in [-0.2, -0.15) is 0 Å². The summed E-state index contributed by atoms with van der Waals surface area (Å²) in [6, 6.07) is 4.18. The maximum Gasteiger partial charge on any atom is 0.146 e. The van der Waals surface area contributed by atoms with Gasteiger partial charge in [0.2, 0.25) is 0 Å². The molecule has 1 fully saturated rings. The summed E-state index contributed by atoms with van der Waals surface area (Å²) in [7, 11) is 2.03. The Morgan fingerprint density at radius 1 is 0.952 bits per heavy atom. The minimum absolute atomic E-state index is 0.889. The van der Waals surface area contributed by atoms with Crippen molar-refractivity contribution < 1.29 is 0 Å². The van der Waals surface area contributed by atoms with Gasteiger partial charge in [0.25, 0.3) is 0 Å². The van der Waals surface area contributed by atoms with Gasteiger partial charge in [-0.25, -0.2) is 0 Å². The van der Waals surface area contributed by atoms with Gasteiger partial charge in [-0.15, -0.1) is 10.2 Å². The van der Waals surface area contributed by atoms with Gasteiger partial charge in [-0.3, -0.25) is 14.8 Å². The molecule has 1 aliphatic rings. The normalized spacial score (nSPS) is 17.2. The highest BCUT2D eigenvalue weighted by Crippen LogP contribution is 2.10. The number of rotatable bonds is 4. The molecule has 1 saturated heterocycles. The lowest BCUT2D eigenvalue weighted by atomic mass is 10.2. The topological polar surface area (TPSA) is 50.1 Å². The first kappa shape index (κ1) is 14.2. The molecule has 6 heteroatoms. The summed E-state index contributed by atoms with van der Waals surface area (Å²) in [5.41, 5.74) is 1.34. The van der Waals surface area contributed by atoms with E-state index in [4.69, 9.17) is 0 Å². The zero-order valence-electron chi connectivity index (χ0n) is 12.7. The summed E-state index contributed by atoms with van der Waals surface area (Å²) in [6.45, 7) is 8.25. The van der Waals surface area contributed by atoms with E-state index in [0.29, 0.717) is 0 Å². The van der Waals surface area contributed by atoms with Gasteiger partial charge in [0, 0.05) is 52.2 Å². The second kappa shape index (κ2) is 6.32. The molecule has 0 aromatic carbocycles. The summed E-state index contributed by atoms with van der Waals surface area (Å²) in [5, 5.41) is 8.37. The molecule has 0 bridgehead atoms. The van der Waals surface area contributed by atoms with Crippen LogP contribution in [0.3, 0.4) is 0 Å². The van der Waals surface area contributed by atoms with Crippen molar-refractivity contribution in [2.45, 2.75) is 20.0 Å². The smallest absolute Gasteiger partial charge is 0.146 e. The first-order chi connectivity index (χ1) is 10.2. The number of hydrogen-bond donors (Lipinski definition) is 0. The van der Waals surface area contributed by atoms with Crippen LogP contribution in [0.5, 0.6) is 0 Å². The summed E-state index contributed by atoms with van der Waals surface area (Å²) < 4.78 is 2.07. The Labute approximate surface area is 125 Å². The van der Waals surface area contributed by atoms with Crippen molar-refractivity contribution in [3.8, 4) is 0 Å². The lowest BCUT2D eigenvalue weighted by molar-refractivity contribution is 0.119. The molecular formula is C15H22N6. The second-order valence-electron chi connectivity index (χ2n) is 5.63. The predicted octanol–water partition coefficient (Wildman–Crippen LogP) is 0.836. The van der Waals surface area contributed by atoms with Crippen LogP contribution in [-0.2, 0) is 20.1 Å². The largest absolute Gasteiger partial charge is 0.317 e. The van der Waals surface area contributed by atoms with Gasteiger partial charge < -0.3 is 4.57 Å². The van der Waals surface area contributed by atoms with E-state index in [2.05, 4.69) is 41.7 Å². The van der Waals surface area contributed by atoms with Gasteiger partial charge in [-0.05, 0) is 24.6 Å². The number of hydrogen-bond acceptors (Lipinski definition) is 5. The van der Waals surface area contributed by atoms with Crippen molar-refractivity contribution in [2.24, 2.45) is 7.05 Å². The van der Waals surface area contributed by atoms with Crippen molar-refractivity contribution >= 4 is 0 Å². The Morgan fingerprint density at radius 3 is 2.14 bits per heavy atom. The highest BCUT2D eigenvalue weighted by atomic mass is 15.3. The van der Waals surface area contributed by atoms with E-state index < -0.39 is 0 Å². The molecular weight excluding hydrogens is 264 g/mol. The molecule has 0 aliphatic carbocycles. The molecule has 6 nitrogen and oxygen atoms in total. The van der Waals surface area contributed by atoms with Crippen LogP contribution in [0, 0.1) is 6.92 Å². The van der Waals surface area contributed by atoms with Crippen LogP contribution in [0.2, 0.25) is 0 Å². The average molecular weight is 286 g/mol. The third-order valence-corrected chi connectivity index (χ3v) is 4.17. The highest BCUT2D eigenvalue weighted by Gasteiger charge is 2.18. The number of aromatic nitrogens is 4. The van der Waals surface area contributed by atoms with Crippen molar-refractivity contribution in [2.75, 3.05) is 26.2 Å². The van der Waals surface area contributed by atoms with Gasteiger partial charge >= 0.3 is 0 Å². The molecule has 112 valence electrons. The van der Waals surface area contributed by atoms with E-state index in [-0.39, 0.29) is 0 Å². The Bertz CT molecular complexity index is 571. The SMILES string of the molecule is Cc1nnc(CN2CCN(Cc3ccncc3)CC2)n1C. The van der Waals surface area contributed by atoms with Crippen molar-refractivity contribution in [1.82, 2.24) is 29.5 Å². The molecule has 0 N–H and O–H groups in total. The third-order valence-electron chi connectivity index (χ3n) is 4.17. The molecule has 0 unspecified atom stereocenters. The fraction of sp³-hybridized carbons (Fsp3) is 0.533. The fourth-order valence-electron chi connectivity index (χ4n) is 2.64. The minimum atomic E-state index is 0.889. The molecule has 2 aromatic rings. The highest BCUT2D eigenvalue weighted by molar-refractivity contribution is 5.09. The Hall–Kier alpha value is -1.79. The van der Waals surface area contributed by atoms with Gasteiger partial charge in [0.1, 0.15) is 11.6 Å². The fourth-order valence-corrected chi connectivity index (χ4v) is 2.64. The molecule has 0 saturated carbocycles. The van der Waals surface area contributed by atoms with Crippen LogP contribution < -0.4 is 0 Å². The Balaban J connectivity index is 1.50. The molecule has 3 heterocycles. The quantitative estimate of drug-likeness (QED) is 0.833. The average Bonchev–Trinajstić information content (AvgIpc) is 2.82. The van der Waals surface area contributed by atoms with Crippen molar-refractivity contribution in [3.63, 3.8) is 0 Å². The number of aryl methyl sites for hydroxylation is 1. The lowest BCUT2D eigenvalue weighted by Crippen LogP contribution is -2.45. The van der Waals surface area contributed by atoms with E-state index in [1.54, 1.807) is 0 Å². The number of piperazine rings is 1. The maximum atomic E-state index is 4.25. The lowest BCUT2D eigenvalue weighted by Gasteiger charge is -2.34. The van der Waals surface area contributed by atoms with E-state index in [1.165, 1.54) is 5.56 Å². The van der Waals surface area contributed by atoms with Crippen LogP contribution in [0.1, 0.15) is 17.2 Å². The third kappa shape index (κ3) is 3.46. The molecule has 1 aliphatic heterocycles. The van der Waals surface area contributed by atoms with E-state index >= 15 is 0 Å². The molecule has 2 aromatic heterocycles. The first-order valence-electron chi connectivity index (χ1n) is 7.41. The first-order valence-corrected chi connectivity index (χ1v) is 7.41. The predicted molar refractivity (Wildman–Crippen MR) is 80.5 cm³/mol. The van der Waals surface area contributed by atoms with Crippen LogP contribution >= 0.6 is 0 Å². The van der Waals surface area contributed by atoms with Crippen LogP contribution in [-0.4, -0.2) is 55.7 Å². The van der Waals surface area contributed by atoms with Gasteiger partial charge in [-0.1, -0.05) is 0 Å². The van der Waals surface area contributed by atoms with E-state index in [1.807, 2.05) is 26.4 Å². The van der Waals surface area contributed by atoms with Crippen LogP contribution in [0.4, 0.5) is 0 Å². The minimum Gasteiger partial charge on any atom is -0.317 e. The molecule has 3 rings (SSSR count). The zero-order valence-corrected chi connectivity index (χ0v) is 12.7. The molecule has 0 radical (unpaired) electrons. The Morgan fingerprint density at radius 2 is 1.57 bits per heavy atom. The monoisotopic (exact) mass is 286 g/mol. The van der Waals surface area contributed by atoms with Crippen molar-refractivity contribution in [3.05, 3.63) is 41.7 Å². The summed E-state index contributed by atoms with van der Waals surface area (Å²) in [4.78, 5) is 9.01. The standard InChI is InChI=1S/C15H22N6/c1-13-17-18-15(19(13)2)12-21-9-7-20(8-10-21)11-14-3-5-16-6-4-14/h3-6H,7-12H2,1-2H3. The van der Waals surface area contributed by atoms with E-state index in [0.717, 1.165) is 50.9 Å². The maximum absolute atomic E-state index is 4.25. The molecule has 0 amide bonds. The number of pyridine rings is 1. The van der Waals surface area contributed by atoms with Crippen molar-refractivity contribution in [1.29, 1.82) is 0 Å².